The molecule has 0 bridgehead atoms. The minimum atomic E-state index is -1.38. The minimum absolute atomic E-state index is 0.156. The molecule has 0 aliphatic carbocycles. The van der Waals surface area contributed by atoms with Gasteiger partial charge in [0.2, 0.25) is 17.7 Å². The summed E-state index contributed by atoms with van der Waals surface area (Å²) in [5.74, 6) is -3.89. The smallest absolute Gasteiger partial charge is 0.326 e. The van der Waals surface area contributed by atoms with Crippen molar-refractivity contribution in [2.45, 2.75) is 69.1 Å². The Morgan fingerprint density at radius 3 is 2.20 bits per heavy atom. The summed E-state index contributed by atoms with van der Waals surface area (Å²) in [5.41, 5.74) is 0. The molecule has 30 heavy (non-hydrogen) atoms. The summed E-state index contributed by atoms with van der Waals surface area (Å²) in [4.78, 5) is 63.8. The summed E-state index contributed by atoms with van der Waals surface area (Å²) in [6.07, 6.45) is 2.79. The molecule has 0 radical (unpaired) electrons. The summed E-state index contributed by atoms with van der Waals surface area (Å²) in [7, 11) is 0. The molecule has 4 N–H and O–H groups in total. The highest BCUT2D eigenvalue weighted by molar-refractivity contribution is 5.96. The summed E-state index contributed by atoms with van der Waals surface area (Å²) < 4.78 is 0. The van der Waals surface area contributed by atoms with Crippen LogP contribution in [0.15, 0.2) is 0 Å². The Balaban J connectivity index is 1.70. The first-order valence-corrected chi connectivity index (χ1v) is 10.4. The van der Waals surface area contributed by atoms with E-state index in [1.807, 2.05) is 0 Å². The molecule has 0 saturated carbocycles. The van der Waals surface area contributed by atoms with Crippen molar-refractivity contribution in [3.63, 3.8) is 0 Å². The molecule has 3 rings (SSSR count). The summed E-state index contributed by atoms with van der Waals surface area (Å²) >= 11 is 0. The maximum absolute atomic E-state index is 12.9. The van der Waals surface area contributed by atoms with E-state index in [-0.39, 0.29) is 24.9 Å². The van der Waals surface area contributed by atoms with Gasteiger partial charge in [0.25, 0.3) is 0 Å². The highest BCUT2D eigenvalue weighted by Gasteiger charge is 2.42. The van der Waals surface area contributed by atoms with Crippen molar-refractivity contribution in [2.75, 3.05) is 19.6 Å². The van der Waals surface area contributed by atoms with Crippen LogP contribution in [0.1, 0.15) is 44.9 Å². The Morgan fingerprint density at radius 2 is 1.60 bits per heavy atom. The third-order valence-corrected chi connectivity index (χ3v) is 6.01. The lowest BCUT2D eigenvalue weighted by Gasteiger charge is -2.30. The van der Waals surface area contributed by atoms with E-state index in [1.165, 1.54) is 4.90 Å². The molecule has 0 aromatic heterocycles. The number of carboxylic acids is 2. The number of rotatable bonds is 7. The Hall–Kier alpha value is -2.69. The van der Waals surface area contributed by atoms with E-state index in [0.29, 0.717) is 32.2 Å². The molecule has 3 fully saturated rings. The van der Waals surface area contributed by atoms with E-state index in [9.17, 15) is 34.2 Å². The fourth-order valence-electron chi connectivity index (χ4n) is 4.53. The summed E-state index contributed by atoms with van der Waals surface area (Å²) in [6, 6.07) is -3.49. The van der Waals surface area contributed by atoms with Gasteiger partial charge in [-0.05, 0) is 45.1 Å². The van der Waals surface area contributed by atoms with Gasteiger partial charge in [-0.15, -0.1) is 0 Å². The highest BCUT2D eigenvalue weighted by Crippen LogP contribution is 2.22. The van der Waals surface area contributed by atoms with E-state index in [2.05, 4.69) is 10.6 Å². The molecule has 0 spiro atoms. The van der Waals surface area contributed by atoms with E-state index < -0.39 is 48.3 Å². The average Bonchev–Trinajstić information content (AvgIpc) is 3.46. The van der Waals surface area contributed by atoms with Crippen LogP contribution in [0.4, 0.5) is 0 Å². The third-order valence-electron chi connectivity index (χ3n) is 6.01. The number of amides is 3. The summed E-state index contributed by atoms with van der Waals surface area (Å²) in [5, 5.41) is 24.1. The number of nitrogens with one attached hydrogen (secondary N) is 2. The predicted molar refractivity (Wildman–Crippen MR) is 102 cm³/mol. The number of hydrogen-bond donors (Lipinski definition) is 4. The molecule has 0 aromatic rings. The van der Waals surface area contributed by atoms with Gasteiger partial charge in [0.05, 0.1) is 12.5 Å². The van der Waals surface area contributed by atoms with Crippen molar-refractivity contribution in [3.05, 3.63) is 0 Å². The second-order valence-corrected chi connectivity index (χ2v) is 8.03. The van der Waals surface area contributed by atoms with Gasteiger partial charge in [0, 0.05) is 13.1 Å². The SMILES string of the molecule is O=C(O)CC(NC(=O)C1CCCN1C(=O)C1CCCN1)C(=O)N1CCCC1C(=O)O. The zero-order valence-electron chi connectivity index (χ0n) is 16.7. The number of carboxylic acid groups (broad SMARTS) is 2. The van der Waals surface area contributed by atoms with Gasteiger partial charge in [-0.1, -0.05) is 0 Å². The van der Waals surface area contributed by atoms with Gasteiger partial charge in [0.1, 0.15) is 18.1 Å². The van der Waals surface area contributed by atoms with Crippen LogP contribution in [-0.2, 0) is 24.0 Å². The molecular weight excluding hydrogens is 396 g/mol. The quantitative estimate of drug-likeness (QED) is 0.396. The van der Waals surface area contributed by atoms with Gasteiger partial charge in [-0.2, -0.15) is 0 Å². The van der Waals surface area contributed by atoms with Crippen LogP contribution < -0.4 is 10.6 Å². The van der Waals surface area contributed by atoms with Gasteiger partial charge >= 0.3 is 11.9 Å². The molecule has 4 atom stereocenters. The normalized spacial score (nSPS) is 27.1. The third kappa shape index (κ3) is 4.72. The number of likely N-dealkylation sites (tertiary alicyclic amines) is 2. The van der Waals surface area contributed by atoms with Crippen LogP contribution in [0, 0.1) is 0 Å². The highest BCUT2D eigenvalue weighted by atomic mass is 16.4. The van der Waals surface area contributed by atoms with Crippen LogP contribution >= 0.6 is 0 Å². The molecule has 3 amide bonds. The molecule has 166 valence electrons. The fraction of sp³-hybridized carbons (Fsp3) is 0.737. The zero-order valence-corrected chi connectivity index (χ0v) is 16.7. The van der Waals surface area contributed by atoms with Crippen molar-refractivity contribution in [3.8, 4) is 0 Å². The van der Waals surface area contributed by atoms with Gasteiger partial charge in [-0.25, -0.2) is 4.79 Å². The van der Waals surface area contributed by atoms with E-state index in [4.69, 9.17) is 0 Å². The lowest BCUT2D eigenvalue weighted by Crippen LogP contribution is -2.57. The Labute approximate surface area is 173 Å². The number of nitrogens with zero attached hydrogens (tertiary/aromatic N) is 2. The van der Waals surface area contributed by atoms with E-state index in [1.54, 1.807) is 0 Å². The first-order valence-electron chi connectivity index (χ1n) is 10.4. The Morgan fingerprint density at radius 1 is 0.933 bits per heavy atom. The number of carbonyl (C=O) groups is 5. The van der Waals surface area contributed by atoms with E-state index in [0.717, 1.165) is 17.9 Å². The molecule has 0 aromatic carbocycles. The largest absolute Gasteiger partial charge is 0.481 e. The van der Waals surface area contributed by atoms with Gasteiger partial charge in [-0.3, -0.25) is 19.2 Å². The van der Waals surface area contributed by atoms with Crippen LogP contribution in [0.2, 0.25) is 0 Å². The van der Waals surface area contributed by atoms with Crippen molar-refractivity contribution in [1.29, 1.82) is 0 Å². The number of carbonyl (C=O) groups excluding carboxylic acids is 3. The Bertz CT molecular complexity index is 722. The fourth-order valence-corrected chi connectivity index (χ4v) is 4.53. The second-order valence-electron chi connectivity index (χ2n) is 8.03. The first kappa shape index (κ1) is 22.0. The summed E-state index contributed by atoms with van der Waals surface area (Å²) in [6.45, 7) is 1.37. The average molecular weight is 424 g/mol. The molecule has 11 nitrogen and oxygen atoms in total. The number of hydrogen-bond acceptors (Lipinski definition) is 6. The molecule has 3 aliphatic rings. The van der Waals surface area contributed by atoms with E-state index >= 15 is 0 Å². The molecule has 11 heteroatoms. The van der Waals surface area contributed by atoms with Crippen molar-refractivity contribution in [1.82, 2.24) is 20.4 Å². The monoisotopic (exact) mass is 424 g/mol. The topological polar surface area (TPSA) is 156 Å². The maximum Gasteiger partial charge on any atom is 0.326 e. The van der Waals surface area contributed by atoms with Crippen LogP contribution in [0.5, 0.6) is 0 Å². The standard InChI is InChI=1S/C19H28N4O7/c24-15(25)10-12(18(28)23-9-3-6-14(23)19(29)30)21-16(26)13-5-2-8-22(13)17(27)11-4-1-7-20-11/h11-14,20H,1-10H2,(H,21,26)(H,24,25)(H,29,30). The molecule has 3 saturated heterocycles. The molecular formula is C19H28N4O7. The van der Waals surface area contributed by atoms with Crippen LogP contribution in [0.25, 0.3) is 0 Å². The van der Waals surface area contributed by atoms with Gasteiger partial charge < -0.3 is 30.6 Å². The number of aliphatic carboxylic acids is 2. The van der Waals surface area contributed by atoms with Crippen LogP contribution in [0.3, 0.4) is 0 Å². The molecule has 3 heterocycles. The second kappa shape index (κ2) is 9.41. The lowest BCUT2D eigenvalue weighted by molar-refractivity contribution is -0.151. The zero-order chi connectivity index (χ0) is 21.8. The Kier molecular flexibility index (Phi) is 6.91. The van der Waals surface area contributed by atoms with Gasteiger partial charge in [0.15, 0.2) is 0 Å². The molecule has 3 aliphatic heterocycles. The lowest BCUT2D eigenvalue weighted by atomic mass is 10.1. The van der Waals surface area contributed by atoms with Crippen molar-refractivity contribution >= 4 is 29.7 Å². The predicted octanol–water partition coefficient (Wildman–Crippen LogP) is -1.24. The minimum Gasteiger partial charge on any atom is -0.481 e. The maximum atomic E-state index is 12.9. The van der Waals surface area contributed by atoms with Crippen molar-refractivity contribution < 1.29 is 34.2 Å². The first-order chi connectivity index (χ1) is 14.3. The van der Waals surface area contributed by atoms with Crippen LogP contribution in [-0.4, -0.2) is 93.5 Å². The van der Waals surface area contributed by atoms with Crippen molar-refractivity contribution in [2.24, 2.45) is 0 Å². The molecule has 4 unspecified atom stereocenters.